The van der Waals surface area contributed by atoms with Gasteiger partial charge in [0.2, 0.25) is 0 Å². The maximum absolute atomic E-state index is 5.70. The van der Waals surface area contributed by atoms with Crippen LogP contribution in [0.1, 0.15) is 5.56 Å². The van der Waals surface area contributed by atoms with Gasteiger partial charge in [0, 0.05) is 19.6 Å². The zero-order valence-corrected chi connectivity index (χ0v) is 11.4. The molecule has 96 valence electrons. The van der Waals surface area contributed by atoms with Gasteiger partial charge in [-0.05, 0) is 29.9 Å². The van der Waals surface area contributed by atoms with E-state index in [1.54, 1.807) is 0 Å². The molecule has 1 aliphatic carbocycles. The first-order chi connectivity index (χ1) is 7.38. The average Bonchev–Trinajstić information content (AvgIpc) is 2.75. The largest absolute Gasteiger partial charge is 0.330 e. The van der Waals surface area contributed by atoms with E-state index in [1.807, 2.05) is 0 Å². The zero-order valence-electron chi connectivity index (χ0n) is 9.79. The van der Waals surface area contributed by atoms with E-state index >= 15 is 0 Å². The standard InChI is InChI=1S/C13H18N2.2ClH/c14-6-11-12-8-15(9-13(11)12)7-10-4-2-1-3-5-10;;/h1-5,11-13H,6-9,14H2;2*1H/t11?,12-,13+;;. The molecule has 2 N–H and O–H groups in total. The number of benzene rings is 1. The fraction of sp³-hybridized carbons (Fsp3) is 0.538. The first-order valence-electron chi connectivity index (χ1n) is 5.85. The number of halogens is 2. The molecule has 2 fully saturated rings. The minimum atomic E-state index is 0. The number of hydrogen-bond acceptors (Lipinski definition) is 2. The minimum absolute atomic E-state index is 0. The lowest BCUT2D eigenvalue weighted by molar-refractivity contribution is 0.279. The van der Waals surface area contributed by atoms with Crippen LogP contribution in [0.4, 0.5) is 0 Å². The molecule has 1 saturated carbocycles. The summed E-state index contributed by atoms with van der Waals surface area (Å²) in [6.45, 7) is 4.54. The topological polar surface area (TPSA) is 29.3 Å². The SMILES string of the molecule is Cl.Cl.NCC1[C@H]2CN(Cc3ccccc3)C[C@@H]12. The molecule has 0 bridgehead atoms. The number of nitrogens with two attached hydrogens (primary N) is 1. The Bertz CT molecular complexity index is 333. The van der Waals surface area contributed by atoms with Crippen LogP contribution in [0, 0.1) is 17.8 Å². The smallest absolute Gasteiger partial charge is 0.0233 e. The highest BCUT2D eigenvalue weighted by Gasteiger charge is 2.54. The number of nitrogens with zero attached hydrogens (tertiary/aromatic N) is 1. The van der Waals surface area contributed by atoms with Crippen LogP contribution in [0.3, 0.4) is 0 Å². The molecule has 1 heterocycles. The van der Waals surface area contributed by atoms with Crippen molar-refractivity contribution in [1.82, 2.24) is 4.90 Å². The van der Waals surface area contributed by atoms with Gasteiger partial charge in [0.05, 0.1) is 0 Å². The van der Waals surface area contributed by atoms with Gasteiger partial charge in [0.1, 0.15) is 0 Å². The van der Waals surface area contributed by atoms with E-state index in [0.29, 0.717) is 0 Å². The zero-order chi connectivity index (χ0) is 10.3. The Morgan fingerprint density at radius 1 is 1.06 bits per heavy atom. The molecule has 3 atom stereocenters. The minimum Gasteiger partial charge on any atom is -0.330 e. The van der Waals surface area contributed by atoms with Crippen molar-refractivity contribution in [3.8, 4) is 0 Å². The Morgan fingerprint density at radius 3 is 2.18 bits per heavy atom. The quantitative estimate of drug-likeness (QED) is 0.916. The van der Waals surface area contributed by atoms with Gasteiger partial charge in [-0.2, -0.15) is 0 Å². The van der Waals surface area contributed by atoms with E-state index in [4.69, 9.17) is 5.73 Å². The average molecular weight is 275 g/mol. The van der Waals surface area contributed by atoms with Gasteiger partial charge in [-0.25, -0.2) is 0 Å². The van der Waals surface area contributed by atoms with Crippen molar-refractivity contribution in [2.45, 2.75) is 6.54 Å². The van der Waals surface area contributed by atoms with Crippen LogP contribution in [0.5, 0.6) is 0 Å². The molecule has 0 aromatic heterocycles. The molecular weight excluding hydrogens is 255 g/mol. The summed E-state index contributed by atoms with van der Waals surface area (Å²) in [5.41, 5.74) is 7.14. The molecular formula is C13H20Cl2N2. The van der Waals surface area contributed by atoms with Gasteiger partial charge < -0.3 is 5.73 Å². The molecule has 0 amide bonds. The summed E-state index contributed by atoms with van der Waals surface area (Å²) in [6, 6.07) is 10.7. The number of fused-ring (bicyclic) bond motifs is 1. The maximum atomic E-state index is 5.70. The highest BCUT2D eigenvalue weighted by molar-refractivity contribution is 5.85. The Balaban J connectivity index is 0.000000722. The van der Waals surface area contributed by atoms with Crippen LogP contribution in [0.15, 0.2) is 30.3 Å². The van der Waals surface area contributed by atoms with Gasteiger partial charge in [0.15, 0.2) is 0 Å². The van der Waals surface area contributed by atoms with Gasteiger partial charge in [0.25, 0.3) is 0 Å². The number of rotatable bonds is 3. The van der Waals surface area contributed by atoms with E-state index in [2.05, 4.69) is 35.2 Å². The van der Waals surface area contributed by atoms with Crippen molar-refractivity contribution in [2.75, 3.05) is 19.6 Å². The highest BCUT2D eigenvalue weighted by Crippen LogP contribution is 2.51. The van der Waals surface area contributed by atoms with E-state index in [0.717, 1.165) is 30.8 Å². The van der Waals surface area contributed by atoms with Crippen molar-refractivity contribution in [2.24, 2.45) is 23.5 Å². The molecule has 2 nitrogen and oxygen atoms in total. The van der Waals surface area contributed by atoms with Gasteiger partial charge in [-0.1, -0.05) is 30.3 Å². The Hall–Kier alpha value is -0.280. The molecule has 2 aliphatic rings. The van der Waals surface area contributed by atoms with Crippen LogP contribution in [-0.4, -0.2) is 24.5 Å². The second-order valence-electron chi connectivity index (χ2n) is 4.91. The number of hydrogen-bond donors (Lipinski definition) is 1. The first kappa shape index (κ1) is 14.8. The lowest BCUT2D eigenvalue weighted by Gasteiger charge is -2.18. The molecule has 4 heteroatoms. The van der Waals surface area contributed by atoms with Gasteiger partial charge in [-0.3, -0.25) is 4.90 Å². The van der Waals surface area contributed by atoms with Crippen LogP contribution in [-0.2, 0) is 6.54 Å². The summed E-state index contributed by atoms with van der Waals surface area (Å²) in [7, 11) is 0. The monoisotopic (exact) mass is 274 g/mol. The summed E-state index contributed by atoms with van der Waals surface area (Å²) in [4.78, 5) is 2.57. The molecule has 1 aromatic rings. The number of piperidine rings is 1. The third-order valence-electron chi connectivity index (χ3n) is 3.97. The number of likely N-dealkylation sites (tertiary alicyclic amines) is 1. The molecule has 1 saturated heterocycles. The second-order valence-corrected chi connectivity index (χ2v) is 4.91. The Morgan fingerprint density at radius 2 is 1.65 bits per heavy atom. The van der Waals surface area contributed by atoms with E-state index in [1.165, 1.54) is 18.7 Å². The first-order valence-corrected chi connectivity index (χ1v) is 5.85. The lowest BCUT2D eigenvalue weighted by Crippen LogP contribution is -2.25. The fourth-order valence-corrected chi connectivity index (χ4v) is 3.06. The van der Waals surface area contributed by atoms with Crippen molar-refractivity contribution in [1.29, 1.82) is 0 Å². The van der Waals surface area contributed by atoms with Crippen LogP contribution < -0.4 is 5.73 Å². The molecule has 0 spiro atoms. The molecule has 3 rings (SSSR count). The third kappa shape index (κ3) is 2.94. The predicted molar refractivity (Wildman–Crippen MR) is 75.7 cm³/mol. The van der Waals surface area contributed by atoms with Crippen molar-refractivity contribution < 1.29 is 0 Å². The third-order valence-corrected chi connectivity index (χ3v) is 3.97. The summed E-state index contributed by atoms with van der Waals surface area (Å²) in [6.07, 6.45) is 0. The molecule has 1 unspecified atom stereocenters. The van der Waals surface area contributed by atoms with E-state index < -0.39 is 0 Å². The van der Waals surface area contributed by atoms with E-state index in [-0.39, 0.29) is 24.8 Å². The highest BCUT2D eigenvalue weighted by atomic mass is 35.5. The molecule has 17 heavy (non-hydrogen) atoms. The Kier molecular flexibility index (Phi) is 5.26. The molecule has 1 aromatic carbocycles. The summed E-state index contributed by atoms with van der Waals surface area (Å²) in [5, 5.41) is 0. The van der Waals surface area contributed by atoms with Crippen LogP contribution >= 0.6 is 24.8 Å². The normalized spacial score (nSPS) is 30.1. The van der Waals surface area contributed by atoms with E-state index in [9.17, 15) is 0 Å². The fourth-order valence-electron chi connectivity index (χ4n) is 3.06. The predicted octanol–water partition coefficient (Wildman–Crippen LogP) is 2.17. The molecule has 0 radical (unpaired) electrons. The maximum Gasteiger partial charge on any atom is 0.0233 e. The van der Waals surface area contributed by atoms with Crippen LogP contribution in [0.2, 0.25) is 0 Å². The lowest BCUT2D eigenvalue weighted by atomic mass is 10.2. The summed E-state index contributed by atoms with van der Waals surface area (Å²) in [5.74, 6) is 2.68. The van der Waals surface area contributed by atoms with Crippen molar-refractivity contribution >= 4 is 24.8 Å². The Labute approximate surface area is 115 Å². The summed E-state index contributed by atoms with van der Waals surface area (Å²) < 4.78 is 0. The molecule has 1 aliphatic heterocycles. The van der Waals surface area contributed by atoms with Crippen LogP contribution in [0.25, 0.3) is 0 Å². The second kappa shape index (κ2) is 6.05. The van der Waals surface area contributed by atoms with Gasteiger partial charge >= 0.3 is 0 Å². The van der Waals surface area contributed by atoms with Crippen molar-refractivity contribution in [3.05, 3.63) is 35.9 Å². The van der Waals surface area contributed by atoms with Crippen molar-refractivity contribution in [3.63, 3.8) is 0 Å². The summed E-state index contributed by atoms with van der Waals surface area (Å²) >= 11 is 0. The van der Waals surface area contributed by atoms with Gasteiger partial charge in [-0.15, -0.1) is 24.8 Å².